The van der Waals surface area contributed by atoms with Crippen molar-refractivity contribution in [2.24, 2.45) is 0 Å². The third-order valence-electron chi connectivity index (χ3n) is 4.30. The molecule has 9 heteroatoms. The topological polar surface area (TPSA) is 80.8 Å². The summed E-state index contributed by atoms with van der Waals surface area (Å²) in [6.07, 6.45) is 1.64. The van der Waals surface area contributed by atoms with E-state index in [2.05, 4.69) is 10.3 Å². The van der Waals surface area contributed by atoms with Crippen LogP contribution in [0.4, 0.5) is 5.69 Å². The van der Waals surface area contributed by atoms with Gasteiger partial charge in [0, 0.05) is 42.5 Å². The van der Waals surface area contributed by atoms with E-state index in [4.69, 9.17) is 9.47 Å². The standard InChI is InChI=1S/C19H19N3O4S2/c23-17(21-13-3-4-15-16(10-13)26-12-25-15)11-28-18-14(2-1-5-20-18)19(24)22-6-8-27-9-7-22/h1-5,10H,6-9,11-12H2,(H,21,23). The zero-order valence-electron chi connectivity index (χ0n) is 15.1. The van der Waals surface area contributed by atoms with E-state index in [-0.39, 0.29) is 24.4 Å². The number of carbonyl (C=O) groups excluding carboxylic acids is 2. The van der Waals surface area contributed by atoms with E-state index in [1.54, 1.807) is 36.5 Å². The number of hydrogen-bond acceptors (Lipinski definition) is 7. The van der Waals surface area contributed by atoms with Crippen molar-refractivity contribution < 1.29 is 19.1 Å². The average molecular weight is 418 g/mol. The predicted molar refractivity (Wildman–Crippen MR) is 109 cm³/mol. The van der Waals surface area contributed by atoms with Gasteiger partial charge in [0.05, 0.1) is 11.3 Å². The van der Waals surface area contributed by atoms with Crippen LogP contribution in [0.2, 0.25) is 0 Å². The highest BCUT2D eigenvalue weighted by Gasteiger charge is 2.22. The molecule has 7 nitrogen and oxygen atoms in total. The number of carbonyl (C=O) groups is 2. The van der Waals surface area contributed by atoms with Crippen molar-refractivity contribution in [1.29, 1.82) is 0 Å². The van der Waals surface area contributed by atoms with Gasteiger partial charge in [0.1, 0.15) is 5.03 Å². The van der Waals surface area contributed by atoms with Crippen molar-refractivity contribution >= 4 is 41.0 Å². The van der Waals surface area contributed by atoms with Gasteiger partial charge in [0.15, 0.2) is 11.5 Å². The Hall–Kier alpha value is -2.39. The first kappa shape index (κ1) is 18.9. The molecule has 1 aromatic heterocycles. The summed E-state index contributed by atoms with van der Waals surface area (Å²) < 4.78 is 10.6. The monoisotopic (exact) mass is 417 g/mol. The van der Waals surface area contributed by atoms with Crippen LogP contribution in [0.5, 0.6) is 11.5 Å². The minimum atomic E-state index is -0.178. The van der Waals surface area contributed by atoms with Crippen LogP contribution in [0.1, 0.15) is 10.4 Å². The number of benzene rings is 1. The maximum atomic E-state index is 12.8. The molecule has 4 rings (SSSR count). The lowest BCUT2D eigenvalue weighted by Crippen LogP contribution is -2.38. The number of aromatic nitrogens is 1. The Morgan fingerprint density at radius 2 is 2.00 bits per heavy atom. The van der Waals surface area contributed by atoms with E-state index in [0.29, 0.717) is 27.8 Å². The van der Waals surface area contributed by atoms with E-state index in [1.165, 1.54) is 11.8 Å². The Morgan fingerprint density at radius 1 is 1.18 bits per heavy atom. The molecule has 0 aliphatic carbocycles. The molecule has 28 heavy (non-hydrogen) atoms. The molecule has 0 unspecified atom stereocenters. The number of ether oxygens (including phenoxy) is 2. The van der Waals surface area contributed by atoms with Crippen LogP contribution in [0.15, 0.2) is 41.6 Å². The molecule has 1 aromatic carbocycles. The minimum absolute atomic E-state index is 0.0212. The van der Waals surface area contributed by atoms with Gasteiger partial charge in [0.25, 0.3) is 5.91 Å². The summed E-state index contributed by atoms with van der Waals surface area (Å²) in [5.41, 5.74) is 1.19. The van der Waals surface area contributed by atoms with Crippen LogP contribution < -0.4 is 14.8 Å². The highest BCUT2D eigenvalue weighted by Crippen LogP contribution is 2.34. The molecule has 1 saturated heterocycles. The Labute approximate surface area is 171 Å². The van der Waals surface area contributed by atoms with E-state index < -0.39 is 0 Å². The number of rotatable bonds is 5. The fourth-order valence-electron chi connectivity index (χ4n) is 2.91. The van der Waals surface area contributed by atoms with Crippen molar-refractivity contribution in [3.8, 4) is 11.5 Å². The van der Waals surface area contributed by atoms with Gasteiger partial charge in [-0.05, 0) is 24.3 Å². The first-order valence-electron chi connectivity index (χ1n) is 8.85. The maximum absolute atomic E-state index is 12.8. The smallest absolute Gasteiger partial charge is 0.256 e. The highest BCUT2D eigenvalue weighted by atomic mass is 32.2. The number of thioether (sulfide) groups is 2. The number of anilines is 1. The van der Waals surface area contributed by atoms with E-state index >= 15 is 0 Å². The van der Waals surface area contributed by atoms with Crippen LogP contribution in [-0.4, -0.2) is 58.8 Å². The van der Waals surface area contributed by atoms with E-state index in [1.807, 2.05) is 16.7 Å². The lowest BCUT2D eigenvalue weighted by molar-refractivity contribution is -0.113. The van der Waals surface area contributed by atoms with Gasteiger partial charge in [-0.1, -0.05) is 11.8 Å². The molecular formula is C19H19N3O4S2. The molecule has 0 atom stereocenters. The van der Waals surface area contributed by atoms with Gasteiger partial charge in [-0.2, -0.15) is 11.8 Å². The van der Waals surface area contributed by atoms with Gasteiger partial charge < -0.3 is 19.7 Å². The van der Waals surface area contributed by atoms with Crippen molar-refractivity contribution in [2.45, 2.75) is 5.03 Å². The average Bonchev–Trinajstić information content (AvgIpc) is 3.20. The maximum Gasteiger partial charge on any atom is 0.256 e. The normalized spacial score (nSPS) is 15.4. The van der Waals surface area contributed by atoms with Crippen molar-refractivity contribution in [2.75, 3.05) is 42.5 Å². The molecule has 0 saturated carbocycles. The number of nitrogens with one attached hydrogen (secondary N) is 1. The number of pyridine rings is 1. The van der Waals surface area contributed by atoms with Gasteiger partial charge in [0.2, 0.25) is 12.7 Å². The largest absolute Gasteiger partial charge is 0.454 e. The van der Waals surface area contributed by atoms with Crippen LogP contribution in [0.3, 0.4) is 0 Å². The summed E-state index contributed by atoms with van der Waals surface area (Å²) >= 11 is 3.11. The van der Waals surface area contributed by atoms with Crippen molar-refractivity contribution in [3.63, 3.8) is 0 Å². The fraction of sp³-hybridized carbons (Fsp3) is 0.316. The Bertz CT molecular complexity index is 887. The number of amides is 2. The van der Waals surface area contributed by atoms with E-state index in [9.17, 15) is 9.59 Å². The summed E-state index contributed by atoms with van der Waals surface area (Å²) in [7, 11) is 0. The van der Waals surface area contributed by atoms with Crippen LogP contribution in [0.25, 0.3) is 0 Å². The fourth-order valence-corrected chi connectivity index (χ4v) is 4.60. The van der Waals surface area contributed by atoms with Gasteiger partial charge in [-0.3, -0.25) is 9.59 Å². The molecule has 0 radical (unpaired) electrons. The lowest BCUT2D eigenvalue weighted by atomic mass is 10.2. The van der Waals surface area contributed by atoms with Gasteiger partial charge in [-0.25, -0.2) is 4.98 Å². The lowest BCUT2D eigenvalue weighted by Gasteiger charge is -2.26. The second-order valence-electron chi connectivity index (χ2n) is 6.17. The summed E-state index contributed by atoms with van der Waals surface area (Å²) in [5.74, 6) is 3.14. The van der Waals surface area contributed by atoms with Gasteiger partial charge >= 0.3 is 0 Å². The molecule has 2 aliphatic heterocycles. The quantitative estimate of drug-likeness (QED) is 0.749. The molecule has 0 bridgehead atoms. The summed E-state index contributed by atoms with van der Waals surface area (Å²) in [6.45, 7) is 1.68. The first-order valence-corrected chi connectivity index (χ1v) is 11.0. The number of fused-ring (bicyclic) bond motifs is 1. The molecule has 146 valence electrons. The minimum Gasteiger partial charge on any atom is -0.454 e. The second-order valence-corrected chi connectivity index (χ2v) is 8.35. The Balaban J connectivity index is 1.38. The first-order chi connectivity index (χ1) is 13.7. The van der Waals surface area contributed by atoms with E-state index in [0.717, 1.165) is 24.6 Å². The second kappa shape index (κ2) is 8.74. The Morgan fingerprint density at radius 3 is 2.86 bits per heavy atom. The summed E-state index contributed by atoms with van der Waals surface area (Å²) in [4.78, 5) is 31.3. The van der Waals surface area contributed by atoms with Crippen molar-refractivity contribution in [3.05, 3.63) is 42.1 Å². The summed E-state index contributed by atoms with van der Waals surface area (Å²) in [6, 6.07) is 8.78. The van der Waals surface area contributed by atoms with Crippen LogP contribution >= 0.6 is 23.5 Å². The molecule has 2 aliphatic rings. The van der Waals surface area contributed by atoms with Crippen molar-refractivity contribution in [1.82, 2.24) is 9.88 Å². The zero-order chi connectivity index (χ0) is 19.3. The summed E-state index contributed by atoms with van der Waals surface area (Å²) in [5, 5.41) is 3.41. The molecule has 3 heterocycles. The third kappa shape index (κ3) is 4.36. The third-order valence-corrected chi connectivity index (χ3v) is 6.24. The van der Waals surface area contributed by atoms with Crippen LogP contribution in [0, 0.1) is 0 Å². The van der Waals surface area contributed by atoms with Crippen LogP contribution in [-0.2, 0) is 4.79 Å². The molecule has 0 spiro atoms. The molecule has 1 fully saturated rings. The highest BCUT2D eigenvalue weighted by molar-refractivity contribution is 8.00. The predicted octanol–water partition coefficient (Wildman–Crippen LogP) is 2.73. The van der Waals surface area contributed by atoms with Gasteiger partial charge in [-0.15, -0.1) is 0 Å². The zero-order valence-corrected chi connectivity index (χ0v) is 16.7. The molecule has 2 amide bonds. The molecule has 2 aromatic rings. The molecule has 1 N–H and O–H groups in total. The Kier molecular flexibility index (Phi) is 5.92. The number of hydrogen-bond donors (Lipinski definition) is 1. The number of nitrogens with zero attached hydrogens (tertiary/aromatic N) is 2. The SMILES string of the molecule is O=C(CSc1ncccc1C(=O)N1CCSCC1)Nc1ccc2c(c1)OCO2. The molecular weight excluding hydrogens is 398 g/mol.